The van der Waals surface area contributed by atoms with Gasteiger partial charge in [0, 0.05) is 36.0 Å². The van der Waals surface area contributed by atoms with Gasteiger partial charge in [0.2, 0.25) is 5.91 Å². The lowest BCUT2D eigenvalue weighted by molar-refractivity contribution is -0.137. The van der Waals surface area contributed by atoms with E-state index in [9.17, 15) is 22.8 Å². The zero-order valence-electron chi connectivity index (χ0n) is 19.4. The lowest BCUT2D eigenvalue weighted by Gasteiger charge is -2.13. The number of alkyl halides is 3. The monoisotopic (exact) mass is 563 g/mol. The van der Waals surface area contributed by atoms with Crippen molar-refractivity contribution in [1.29, 1.82) is 0 Å². The highest BCUT2D eigenvalue weighted by Crippen LogP contribution is 2.34. The quantitative estimate of drug-likeness (QED) is 0.268. The lowest BCUT2D eigenvalue weighted by atomic mass is 10.1. The van der Waals surface area contributed by atoms with E-state index in [1.807, 2.05) is 18.2 Å². The number of benzene rings is 2. The van der Waals surface area contributed by atoms with Crippen LogP contribution in [0.2, 0.25) is 0 Å². The average Bonchev–Trinajstić information content (AvgIpc) is 3.40. The molecule has 6 nitrogen and oxygen atoms in total. The van der Waals surface area contributed by atoms with E-state index in [4.69, 9.17) is 17.0 Å². The molecule has 1 fully saturated rings. The third kappa shape index (κ3) is 6.76. The zero-order valence-corrected chi connectivity index (χ0v) is 21.8. The van der Waals surface area contributed by atoms with Crippen LogP contribution in [0.1, 0.15) is 28.0 Å². The van der Waals surface area contributed by atoms with Crippen LogP contribution in [0, 0.1) is 0 Å². The van der Waals surface area contributed by atoms with Gasteiger partial charge in [-0.2, -0.15) is 13.2 Å². The third-order valence-corrected chi connectivity index (χ3v) is 7.58. The molecule has 2 amide bonds. The number of nitrogens with one attached hydrogen (secondary N) is 1. The maximum Gasteiger partial charge on any atom is 0.416 e. The normalized spacial score (nSPS) is 14.9. The Balaban J connectivity index is 1.32. The fraction of sp³-hybridized carbons (Fsp3) is 0.200. The van der Waals surface area contributed by atoms with Gasteiger partial charge in [0.15, 0.2) is 5.13 Å². The van der Waals surface area contributed by atoms with Gasteiger partial charge in [-0.25, -0.2) is 4.98 Å². The molecule has 3 aromatic rings. The van der Waals surface area contributed by atoms with E-state index in [1.165, 1.54) is 28.5 Å². The van der Waals surface area contributed by atoms with Gasteiger partial charge in [0.05, 0.1) is 17.6 Å². The van der Waals surface area contributed by atoms with Crippen molar-refractivity contribution in [3.8, 4) is 5.75 Å². The summed E-state index contributed by atoms with van der Waals surface area (Å²) < 4.78 is 44.5. The second-order valence-electron chi connectivity index (χ2n) is 7.88. The Morgan fingerprint density at radius 3 is 2.76 bits per heavy atom. The van der Waals surface area contributed by atoms with E-state index >= 15 is 0 Å². The Bertz CT molecular complexity index is 1370. The molecule has 0 bridgehead atoms. The molecule has 0 spiro atoms. The van der Waals surface area contributed by atoms with Crippen molar-refractivity contribution in [2.24, 2.45) is 0 Å². The number of methoxy groups -OCH3 is 1. The summed E-state index contributed by atoms with van der Waals surface area (Å²) in [7, 11) is 1.55. The van der Waals surface area contributed by atoms with Crippen LogP contribution in [-0.4, -0.2) is 39.7 Å². The molecule has 37 heavy (non-hydrogen) atoms. The van der Waals surface area contributed by atoms with E-state index in [-0.39, 0.29) is 31.2 Å². The van der Waals surface area contributed by atoms with Crippen LogP contribution in [0.5, 0.6) is 5.75 Å². The minimum absolute atomic E-state index is 0.00306. The molecule has 0 unspecified atom stereocenters. The topological polar surface area (TPSA) is 71.5 Å². The zero-order chi connectivity index (χ0) is 26.6. The fourth-order valence-electron chi connectivity index (χ4n) is 3.52. The molecule has 0 aliphatic carbocycles. The molecule has 192 valence electrons. The molecule has 12 heteroatoms. The Labute approximate surface area is 224 Å². The molecule has 0 atom stereocenters. The number of thiazole rings is 1. The van der Waals surface area contributed by atoms with Crippen molar-refractivity contribution in [3.63, 3.8) is 0 Å². The van der Waals surface area contributed by atoms with Gasteiger partial charge in [0.1, 0.15) is 10.1 Å². The fourth-order valence-corrected chi connectivity index (χ4v) is 5.68. The molecule has 1 aromatic heterocycles. The van der Waals surface area contributed by atoms with Crippen molar-refractivity contribution < 1.29 is 27.5 Å². The number of carbonyl (C=O) groups is 2. The van der Waals surface area contributed by atoms with E-state index in [0.29, 0.717) is 30.5 Å². The summed E-state index contributed by atoms with van der Waals surface area (Å²) in [5, 5.41) is 3.00. The Morgan fingerprint density at radius 2 is 2.00 bits per heavy atom. The minimum atomic E-state index is -4.41. The summed E-state index contributed by atoms with van der Waals surface area (Å²) in [6.45, 7) is 0.0994. The number of thiocarbonyl (C=S) groups is 1. The highest BCUT2D eigenvalue weighted by atomic mass is 32.2. The largest absolute Gasteiger partial charge is 0.496 e. The summed E-state index contributed by atoms with van der Waals surface area (Å²) >= 11 is 7.67. The van der Waals surface area contributed by atoms with Crippen molar-refractivity contribution in [2.75, 3.05) is 19.0 Å². The van der Waals surface area contributed by atoms with Gasteiger partial charge in [-0.3, -0.25) is 14.5 Å². The number of carbonyl (C=O) groups excluding carboxylic acids is 2. The molecule has 2 aromatic carbocycles. The van der Waals surface area contributed by atoms with Crippen molar-refractivity contribution in [1.82, 2.24) is 9.88 Å². The Kier molecular flexibility index (Phi) is 8.30. The third-order valence-electron chi connectivity index (χ3n) is 5.29. The van der Waals surface area contributed by atoms with Crippen molar-refractivity contribution >= 4 is 62.7 Å². The Morgan fingerprint density at radius 1 is 1.22 bits per heavy atom. The second kappa shape index (κ2) is 11.4. The first-order chi connectivity index (χ1) is 17.6. The van der Waals surface area contributed by atoms with Crippen LogP contribution in [-0.2, 0) is 22.2 Å². The number of thioether (sulfide) groups is 1. The molecule has 1 N–H and O–H groups in total. The maximum absolute atomic E-state index is 12.9. The Hall–Kier alpha value is -3.22. The van der Waals surface area contributed by atoms with Gasteiger partial charge in [0.25, 0.3) is 5.91 Å². The number of nitrogens with zero attached hydrogens (tertiary/aromatic N) is 2. The first-order valence-electron chi connectivity index (χ1n) is 10.9. The van der Waals surface area contributed by atoms with E-state index in [1.54, 1.807) is 25.3 Å². The van der Waals surface area contributed by atoms with Gasteiger partial charge in [-0.15, -0.1) is 11.3 Å². The molecular weight excluding hydrogens is 543 g/mol. The van der Waals surface area contributed by atoms with Crippen LogP contribution in [0.4, 0.5) is 18.3 Å². The highest BCUT2D eigenvalue weighted by molar-refractivity contribution is 8.26. The first kappa shape index (κ1) is 26.8. The molecule has 4 rings (SSSR count). The van der Waals surface area contributed by atoms with E-state index in [2.05, 4.69) is 10.3 Å². The van der Waals surface area contributed by atoms with Crippen LogP contribution in [0.15, 0.2) is 59.6 Å². The summed E-state index contributed by atoms with van der Waals surface area (Å²) in [6, 6.07) is 12.4. The van der Waals surface area contributed by atoms with Crippen LogP contribution in [0.3, 0.4) is 0 Å². The standard InChI is InChI=1S/C25H20F3N3O3S3/c1-34-19-8-3-2-6-16(19)13-20-22(33)31(24(35)37-20)10-9-21(32)30-23-29-14-18(36-23)12-15-5-4-7-17(11-15)25(26,27)28/h2-8,11,13-14H,9-10,12H2,1H3,(H,29,30,32). The molecule has 0 radical (unpaired) electrons. The van der Waals surface area contributed by atoms with Gasteiger partial charge < -0.3 is 10.1 Å². The molecule has 2 heterocycles. The lowest BCUT2D eigenvalue weighted by Crippen LogP contribution is -2.31. The minimum Gasteiger partial charge on any atom is -0.496 e. The predicted molar refractivity (Wildman–Crippen MR) is 142 cm³/mol. The average molecular weight is 564 g/mol. The molecular formula is C25H20F3N3O3S3. The predicted octanol–water partition coefficient (Wildman–Crippen LogP) is 5.99. The van der Waals surface area contributed by atoms with Crippen LogP contribution < -0.4 is 10.1 Å². The van der Waals surface area contributed by atoms with Gasteiger partial charge in [-0.1, -0.05) is 60.4 Å². The number of para-hydroxylation sites is 1. The number of hydrogen-bond acceptors (Lipinski definition) is 7. The van der Waals surface area contributed by atoms with Gasteiger partial charge >= 0.3 is 6.18 Å². The van der Waals surface area contributed by atoms with Crippen LogP contribution in [0.25, 0.3) is 6.08 Å². The van der Waals surface area contributed by atoms with Crippen molar-refractivity contribution in [3.05, 3.63) is 81.2 Å². The molecule has 1 aliphatic heterocycles. The maximum atomic E-state index is 12.9. The first-order valence-corrected chi connectivity index (χ1v) is 13.0. The highest BCUT2D eigenvalue weighted by Gasteiger charge is 2.32. The van der Waals surface area contributed by atoms with Crippen molar-refractivity contribution in [2.45, 2.75) is 19.0 Å². The molecule has 1 aliphatic rings. The van der Waals surface area contributed by atoms with E-state index < -0.39 is 11.7 Å². The molecule has 0 saturated carbocycles. The SMILES string of the molecule is COc1ccccc1C=C1SC(=S)N(CCC(=O)Nc2ncc(Cc3cccc(C(F)(F)F)c3)s2)C1=O. The number of halogens is 3. The smallest absolute Gasteiger partial charge is 0.416 e. The number of ether oxygens (including phenoxy) is 1. The second-order valence-corrected chi connectivity index (χ2v) is 10.7. The number of aromatic nitrogens is 1. The number of amides is 2. The number of rotatable bonds is 8. The summed E-state index contributed by atoms with van der Waals surface area (Å²) in [5.41, 5.74) is 0.524. The molecule has 1 saturated heterocycles. The number of anilines is 1. The van der Waals surface area contributed by atoms with E-state index in [0.717, 1.165) is 29.5 Å². The van der Waals surface area contributed by atoms with Gasteiger partial charge in [-0.05, 0) is 23.8 Å². The summed E-state index contributed by atoms with van der Waals surface area (Å²) in [6.07, 6.45) is -0.931. The summed E-state index contributed by atoms with van der Waals surface area (Å²) in [5.74, 6) is -0.0166. The number of hydrogen-bond donors (Lipinski definition) is 1. The van der Waals surface area contributed by atoms with Crippen LogP contribution >= 0.6 is 35.3 Å². The summed E-state index contributed by atoms with van der Waals surface area (Å²) in [4.78, 5) is 32.0.